The lowest BCUT2D eigenvalue weighted by atomic mass is 10.1. The molecule has 0 heterocycles. The van der Waals surface area contributed by atoms with Crippen molar-refractivity contribution in [2.45, 2.75) is 32.7 Å². The van der Waals surface area contributed by atoms with Gasteiger partial charge in [0.05, 0.1) is 0 Å². The second kappa shape index (κ2) is 7.29. The van der Waals surface area contributed by atoms with E-state index in [2.05, 4.69) is 55.5 Å². The van der Waals surface area contributed by atoms with E-state index in [0.29, 0.717) is 0 Å². The van der Waals surface area contributed by atoms with Gasteiger partial charge in [-0.25, -0.2) is 0 Å². The van der Waals surface area contributed by atoms with Crippen LogP contribution in [0.4, 0.5) is 5.69 Å². The first-order valence-corrected chi connectivity index (χ1v) is 6.20. The van der Waals surface area contributed by atoms with Crippen molar-refractivity contribution in [1.29, 1.82) is 0 Å². The van der Waals surface area contributed by atoms with Crippen LogP contribution in [0.15, 0.2) is 24.3 Å². The van der Waals surface area contributed by atoms with Crippen LogP contribution in [-0.2, 0) is 6.54 Å². The van der Waals surface area contributed by atoms with Gasteiger partial charge in [0, 0.05) is 18.8 Å². The Morgan fingerprint density at radius 3 is 2.56 bits per heavy atom. The van der Waals surface area contributed by atoms with Crippen molar-refractivity contribution in [3.63, 3.8) is 0 Å². The summed E-state index contributed by atoms with van der Waals surface area (Å²) in [6.07, 6.45) is 3.84. The van der Waals surface area contributed by atoms with Crippen molar-refractivity contribution in [2.75, 3.05) is 26.0 Å². The Morgan fingerprint density at radius 2 is 1.88 bits per heavy atom. The Kier molecular flexibility index (Phi) is 5.94. The van der Waals surface area contributed by atoms with Crippen LogP contribution in [0.2, 0.25) is 0 Å². The Balaban J connectivity index is 2.50. The Labute approximate surface area is 99.7 Å². The molecule has 0 spiro atoms. The van der Waals surface area contributed by atoms with Gasteiger partial charge in [-0.15, -0.1) is 0 Å². The molecular formula is C14H24N2. The first-order chi connectivity index (χ1) is 7.74. The summed E-state index contributed by atoms with van der Waals surface area (Å²) in [6.45, 7) is 4.31. The van der Waals surface area contributed by atoms with Crippen LogP contribution in [0, 0.1) is 0 Å². The third kappa shape index (κ3) is 4.67. The van der Waals surface area contributed by atoms with Gasteiger partial charge in [0.2, 0.25) is 0 Å². The summed E-state index contributed by atoms with van der Waals surface area (Å²) in [5, 5.41) is 3.53. The molecule has 1 N–H and O–H groups in total. The van der Waals surface area contributed by atoms with Gasteiger partial charge < -0.3 is 10.2 Å². The number of hydrogen-bond acceptors (Lipinski definition) is 2. The van der Waals surface area contributed by atoms with E-state index in [0.717, 1.165) is 13.1 Å². The number of anilines is 1. The minimum atomic E-state index is 0.997. The van der Waals surface area contributed by atoms with E-state index in [9.17, 15) is 0 Å². The summed E-state index contributed by atoms with van der Waals surface area (Å²) in [5.74, 6) is 0. The lowest BCUT2D eigenvalue weighted by Gasteiger charge is -2.15. The number of nitrogens with one attached hydrogen (secondary N) is 1. The average Bonchev–Trinajstić information content (AvgIpc) is 2.26. The average molecular weight is 220 g/mol. The van der Waals surface area contributed by atoms with Crippen LogP contribution in [-0.4, -0.2) is 25.5 Å². The van der Waals surface area contributed by atoms with E-state index >= 15 is 0 Å². The number of para-hydroxylation sites is 1. The molecule has 0 bridgehead atoms. The Morgan fingerprint density at radius 1 is 1.12 bits per heavy atom. The highest BCUT2D eigenvalue weighted by Crippen LogP contribution is 2.16. The topological polar surface area (TPSA) is 15.3 Å². The summed E-state index contributed by atoms with van der Waals surface area (Å²) >= 11 is 0. The van der Waals surface area contributed by atoms with E-state index in [1.807, 2.05) is 0 Å². The minimum Gasteiger partial charge on any atom is -0.385 e. The van der Waals surface area contributed by atoms with Crippen molar-refractivity contribution in [3.05, 3.63) is 29.8 Å². The van der Waals surface area contributed by atoms with Crippen LogP contribution in [0.1, 0.15) is 31.7 Å². The quantitative estimate of drug-likeness (QED) is 0.709. The second-order valence-electron chi connectivity index (χ2n) is 4.53. The lowest BCUT2D eigenvalue weighted by molar-refractivity contribution is 0.403. The van der Waals surface area contributed by atoms with Gasteiger partial charge in [-0.3, -0.25) is 0 Å². The fourth-order valence-electron chi connectivity index (χ4n) is 1.77. The van der Waals surface area contributed by atoms with Crippen molar-refractivity contribution >= 4 is 5.69 Å². The molecule has 0 aliphatic heterocycles. The minimum absolute atomic E-state index is 0.997. The zero-order valence-electron chi connectivity index (χ0n) is 10.8. The Bertz CT molecular complexity index is 295. The summed E-state index contributed by atoms with van der Waals surface area (Å²) in [4.78, 5) is 2.20. The SMILES string of the molecule is CCCCCNc1ccccc1CN(C)C. The van der Waals surface area contributed by atoms with Crippen molar-refractivity contribution < 1.29 is 0 Å². The molecule has 2 heteroatoms. The summed E-state index contributed by atoms with van der Waals surface area (Å²) < 4.78 is 0. The van der Waals surface area contributed by atoms with Crippen molar-refractivity contribution in [2.24, 2.45) is 0 Å². The standard InChI is InChI=1S/C14H24N2/c1-4-5-8-11-15-14-10-7-6-9-13(14)12-16(2)3/h6-7,9-10,15H,4-5,8,11-12H2,1-3H3. The van der Waals surface area contributed by atoms with Gasteiger partial charge in [-0.1, -0.05) is 38.0 Å². The number of unbranched alkanes of at least 4 members (excludes halogenated alkanes) is 2. The summed E-state index contributed by atoms with van der Waals surface area (Å²) in [7, 11) is 4.21. The highest BCUT2D eigenvalue weighted by Gasteiger charge is 2.01. The molecule has 0 saturated carbocycles. The zero-order valence-corrected chi connectivity index (χ0v) is 10.8. The fraction of sp³-hybridized carbons (Fsp3) is 0.571. The zero-order chi connectivity index (χ0) is 11.8. The van der Waals surface area contributed by atoms with Gasteiger partial charge in [0.1, 0.15) is 0 Å². The van der Waals surface area contributed by atoms with Crippen LogP contribution >= 0.6 is 0 Å². The van der Waals surface area contributed by atoms with E-state index < -0.39 is 0 Å². The first kappa shape index (κ1) is 13.0. The molecule has 1 aromatic rings. The number of benzene rings is 1. The predicted molar refractivity (Wildman–Crippen MR) is 71.8 cm³/mol. The molecule has 2 nitrogen and oxygen atoms in total. The van der Waals surface area contributed by atoms with Crippen molar-refractivity contribution in [3.8, 4) is 0 Å². The molecule has 0 aliphatic rings. The molecule has 0 fully saturated rings. The molecule has 0 saturated heterocycles. The van der Waals surface area contributed by atoms with Gasteiger partial charge >= 0.3 is 0 Å². The molecule has 0 aromatic heterocycles. The molecule has 0 atom stereocenters. The molecule has 90 valence electrons. The lowest BCUT2D eigenvalue weighted by Crippen LogP contribution is -2.13. The number of hydrogen-bond donors (Lipinski definition) is 1. The third-order valence-corrected chi connectivity index (χ3v) is 2.60. The van der Waals surface area contributed by atoms with Crippen LogP contribution < -0.4 is 5.32 Å². The van der Waals surface area contributed by atoms with Gasteiger partial charge in [0.15, 0.2) is 0 Å². The van der Waals surface area contributed by atoms with Crippen LogP contribution in [0.3, 0.4) is 0 Å². The van der Waals surface area contributed by atoms with Crippen LogP contribution in [0.5, 0.6) is 0 Å². The molecule has 0 amide bonds. The largest absolute Gasteiger partial charge is 0.385 e. The van der Waals surface area contributed by atoms with Gasteiger partial charge in [-0.05, 0) is 32.1 Å². The molecule has 1 rings (SSSR count). The maximum absolute atomic E-state index is 3.53. The molecule has 1 aromatic carbocycles. The monoisotopic (exact) mass is 220 g/mol. The normalized spacial score (nSPS) is 10.8. The number of rotatable bonds is 7. The predicted octanol–water partition coefficient (Wildman–Crippen LogP) is 3.35. The van der Waals surface area contributed by atoms with E-state index in [1.54, 1.807) is 0 Å². The Hall–Kier alpha value is -1.02. The third-order valence-electron chi connectivity index (χ3n) is 2.60. The first-order valence-electron chi connectivity index (χ1n) is 6.20. The molecule has 0 radical (unpaired) electrons. The molecular weight excluding hydrogens is 196 g/mol. The molecule has 0 aliphatic carbocycles. The number of nitrogens with zero attached hydrogens (tertiary/aromatic N) is 1. The highest BCUT2D eigenvalue weighted by atomic mass is 15.1. The van der Waals surface area contributed by atoms with Crippen LogP contribution in [0.25, 0.3) is 0 Å². The summed E-state index contributed by atoms with van der Waals surface area (Å²) in [5.41, 5.74) is 2.66. The second-order valence-corrected chi connectivity index (χ2v) is 4.53. The van der Waals surface area contributed by atoms with E-state index in [1.165, 1.54) is 30.5 Å². The van der Waals surface area contributed by atoms with Gasteiger partial charge in [0.25, 0.3) is 0 Å². The molecule has 0 unspecified atom stereocenters. The maximum atomic E-state index is 3.53. The fourth-order valence-corrected chi connectivity index (χ4v) is 1.77. The molecule has 16 heavy (non-hydrogen) atoms. The highest BCUT2D eigenvalue weighted by molar-refractivity contribution is 5.50. The summed E-state index contributed by atoms with van der Waals surface area (Å²) in [6, 6.07) is 8.57. The smallest absolute Gasteiger partial charge is 0.0385 e. The van der Waals surface area contributed by atoms with E-state index in [4.69, 9.17) is 0 Å². The van der Waals surface area contributed by atoms with Crippen molar-refractivity contribution in [1.82, 2.24) is 4.90 Å². The maximum Gasteiger partial charge on any atom is 0.0385 e. The van der Waals surface area contributed by atoms with E-state index in [-0.39, 0.29) is 0 Å². The van der Waals surface area contributed by atoms with Gasteiger partial charge in [-0.2, -0.15) is 0 Å².